The Morgan fingerprint density at radius 1 is 1.75 bits per heavy atom. The van der Waals surface area contributed by atoms with Crippen LogP contribution in [0.1, 0.15) is 6.92 Å². The minimum atomic E-state index is -0.493. The van der Waals surface area contributed by atoms with Crippen LogP contribution in [0.3, 0.4) is 0 Å². The zero-order valence-corrected chi connectivity index (χ0v) is 4.84. The van der Waals surface area contributed by atoms with Gasteiger partial charge in [-0.2, -0.15) is 5.10 Å². The number of hydrogen-bond donors (Lipinski definition) is 1. The number of ether oxygens (including phenoxy) is 1. The molecule has 0 spiro atoms. The largest absolute Gasteiger partial charge is 0.464 e. The first kappa shape index (κ1) is 6.94. The molecule has 0 unspecified atom stereocenters. The normalized spacial score (nSPS) is 11.0. The van der Waals surface area contributed by atoms with Gasteiger partial charge in [0.05, 0.1) is 7.11 Å². The molecule has 0 fully saturated rings. The summed E-state index contributed by atoms with van der Waals surface area (Å²) in [6.07, 6.45) is 0. The Morgan fingerprint density at radius 3 is 2.38 bits per heavy atom. The van der Waals surface area contributed by atoms with E-state index >= 15 is 0 Å². The van der Waals surface area contributed by atoms with Gasteiger partial charge in [-0.1, -0.05) is 0 Å². The fourth-order valence-electron chi connectivity index (χ4n) is 0.200. The standard InChI is InChI=1S/C4H8N2O2/c1-3(6-5)4(7)8-2/h5H2,1-2H3. The van der Waals surface area contributed by atoms with E-state index in [0.29, 0.717) is 0 Å². The summed E-state index contributed by atoms with van der Waals surface area (Å²) in [6.45, 7) is 1.48. The number of nitrogens with zero attached hydrogens (tertiary/aromatic N) is 1. The van der Waals surface area contributed by atoms with Gasteiger partial charge in [0.2, 0.25) is 0 Å². The maximum Gasteiger partial charge on any atom is 0.353 e. The Balaban J connectivity index is 3.83. The molecule has 0 atom stereocenters. The van der Waals surface area contributed by atoms with Crippen molar-refractivity contribution >= 4 is 11.7 Å². The highest BCUT2D eigenvalue weighted by Gasteiger charge is 2.01. The molecule has 0 aromatic carbocycles. The Morgan fingerprint density at radius 2 is 2.25 bits per heavy atom. The summed E-state index contributed by atoms with van der Waals surface area (Å²) in [7, 11) is 1.27. The molecule has 0 aromatic rings. The van der Waals surface area contributed by atoms with Crippen LogP contribution in [0.25, 0.3) is 0 Å². The van der Waals surface area contributed by atoms with Crippen molar-refractivity contribution in [1.82, 2.24) is 0 Å². The average molecular weight is 116 g/mol. The minimum absolute atomic E-state index is 0.174. The molecule has 0 radical (unpaired) electrons. The van der Waals surface area contributed by atoms with Gasteiger partial charge in [-0.05, 0) is 6.92 Å². The monoisotopic (exact) mass is 116 g/mol. The summed E-state index contributed by atoms with van der Waals surface area (Å²) in [5.41, 5.74) is 0.174. The number of hydrogen-bond acceptors (Lipinski definition) is 4. The highest BCUT2D eigenvalue weighted by atomic mass is 16.5. The quantitative estimate of drug-likeness (QED) is 0.217. The third-order valence-electron chi connectivity index (χ3n) is 0.674. The van der Waals surface area contributed by atoms with E-state index in [2.05, 4.69) is 9.84 Å². The van der Waals surface area contributed by atoms with Crippen LogP contribution >= 0.6 is 0 Å². The van der Waals surface area contributed by atoms with Gasteiger partial charge in [0, 0.05) is 0 Å². The van der Waals surface area contributed by atoms with Gasteiger partial charge in [0.1, 0.15) is 5.71 Å². The van der Waals surface area contributed by atoms with Crippen LogP contribution in [-0.4, -0.2) is 18.8 Å². The molecule has 0 saturated heterocycles. The molecule has 4 nitrogen and oxygen atoms in total. The summed E-state index contributed by atoms with van der Waals surface area (Å²) >= 11 is 0. The maximum absolute atomic E-state index is 10.3. The van der Waals surface area contributed by atoms with Crippen molar-refractivity contribution in [2.45, 2.75) is 6.92 Å². The maximum atomic E-state index is 10.3. The molecule has 0 bridgehead atoms. The van der Waals surface area contributed by atoms with Crippen LogP contribution in [-0.2, 0) is 9.53 Å². The van der Waals surface area contributed by atoms with Crippen LogP contribution in [0.5, 0.6) is 0 Å². The first-order valence-corrected chi connectivity index (χ1v) is 2.05. The number of nitrogens with two attached hydrogens (primary N) is 1. The van der Waals surface area contributed by atoms with E-state index in [4.69, 9.17) is 5.84 Å². The van der Waals surface area contributed by atoms with Crippen LogP contribution < -0.4 is 5.84 Å². The van der Waals surface area contributed by atoms with E-state index in [9.17, 15) is 4.79 Å². The van der Waals surface area contributed by atoms with Crippen LogP contribution in [0.15, 0.2) is 5.10 Å². The van der Waals surface area contributed by atoms with Gasteiger partial charge in [0.25, 0.3) is 0 Å². The first-order chi connectivity index (χ1) is 3.72. The third kappa shape index (κ3) is 1.59. The van der Waals surface area contributed by atoms with Crippen LogP contribution in [0.2, 0.25) is 0 Å². The number of esters is 1. The Hall–Kier alpha value is -1.06. The van der Waals surface area contributed by atoms with Gasteiger partial charge in [0.15, 0.2) is 0 Å². The second kappa shape index (κ2) is 3.01. The molecule has 2 N–H and O–H groups in total. The molecule has 0 saturated carbocycles. The molecule has 8 heavy (non-hydrogen) atoms. The number of carbonyl (C=O) groups is 1. The SMILES string of the molecule is COC(=O)C(C)=NN. The van der Waals surface area contributed by atoms with E-state index < -0.39 is 5.97 Å². The molecule has 4 heteroatoms. The van der Waals surface area contributed by atoms with Gasteiger partial charge in [-0.3, -0.25) is 0 Å². The van der Waals surface area contributed by atoms with Gasteiger partial charge >= 0.3 is 5.97 Å². The van der Waals surface area contributed by atoms with E-state index in [1.54, 1.807) is 0 Å². The minimum Gasteiger partial charge on any atom is -0.464 e. The predicted molar refractivity (Wildman–Crippen MR) is 29.3 cm³/mol. The summed E-state index contributed by atoms with van der Waals surface area (Å²) in [4.78, 5) is 10.3. The molecular formula is C4H8N2O2. The lowest BCUT2D eigenvalue weighted by Crippen LogP contribution is -2.13. The highest BCUT2D eigenvalue weighted by molar-refractivity contribution is 6.35. The Kier molecular flexibility index (Phi) is 2.61. The lowest BCUT2D eigenvalue weighted by Gasteiger charge is -1.92. The third-order valence-corrected chi connectivity index (χ3v) is 0.674. The lowest BCUT2D eigenvalue weighted by molar-refractivity contribution is -0.132. The number of hydrazone groups is 1. The Labute approximate surface area is 47.3 Å². The van der Waals surface area contributed by atoms with Crippen molar-refractivity contribution in [3.05, 3.63) is 0 Å². The van der Waals surface area contributed by atoms with Crippen molar-refractivity contribution in [1.29, 1.82) is 0 Å². The van der Waals surface area contributed by atoms with Crippen molar-refractivity contribution < 1.29 is 9.53 Å². The molecule has 0 aliphatic rings. The fourth-order valence-corrected chi connectivity index (χ4v) is 0.200. The number of methoxy groups -OCH3 is 1. The van der Waals surface area contributed by atoms with Crippen LogP contribution in [0.4, 0.5) is 0 Å². The van der Waals surface area contributed by atoms with Crippen molar-refractivity contribution in [3.63, 3.8) is 0 Å². The average Bonchev–Trinajstić information content (AvgIpc) is 1.84. The molecule has 0 aliphatic heterocycles. The van der Waals surface area contributed by atoms with Crippen LogP contribution in [0, 0.1) is 0 Å². The number of carbonyl (C=O) groups excluding carboxylic acids is 1. The topological polar surface area (TPSA) is 64.7 Å². The smallest absolute Gasteiger partial charge is 0.353 e. The summed E-state index contributed by atoms with van der Waals surface area (Å²) < 4.78 is 4.25. The van der Waals surface area contributed by atoms with E-state index in [0.717, 1.165) is 0 Å². The van der Waals surface area contributed by atoms with E-state index in [1.165, 1.54) is 14.0 Å². The molecule has 0 rings (SSSR count). The summed E-state index contributed by atoms with van der Waals surface area (Å²) in [6, 6.07) is 0. The van der Waals surface area contributed by atoms with Crippen molar-refractivity contribution in [2.75, 3.05) is 7.11 Å². The van der Waals surface area contributed by atoms with E-state index in [-0.39, 0.29) is 5.71 Å². The van der Waals surface area contributed by atoms with Gasteiger partial charge < -0.3 is 10.6 Å². The van der Waals surface area contributed by atoms with Gasteiger partial charge in [-0.25, -0.2) is 4.79 Å². The molecule has 0 amide bonds. The van der Waals surface area contributed by atoms with Crippen molar-refractivity contribution in [3.8, 4) is 0 Å². The first-order valence-electron chi connectivity index (χ1n) is 2.05. The predicted octanol–water partition coefficient (Wildman–Crippen LogP) is -0.506. The molecule has 0 aromatic heterocycles. The second-order valence-electron chi connectivity index (χ2n) is 1.21. The van der Waals surface area contributed by atoms with Gasteiger partial charge in [-0.15, -0.1) is 0 Å². The zero-order chi connectivity index (χ0) is 6.57. The van der Waals surface area contributed by atoms with E-state index in [1.807, 2.05) is 0 Å². The number of rotatable bonds is 1. The molecule has 0 aliphatic carbocycles. The Bertz CT molecular complexity index is 119. The second-order valence-corrected chi connectivity index (χ2v) is 1.21. The molecular weight excluding hydrogens is 108 g/mol. The fraction of sp³-hybridized carbons (Fsp3) is 0.500. The van der Waals surface area contributed by atoms with Crippen molar-refractivity contribution in [2.24, 2.45) is 10.9 Å². The summed E-state index contributed by atoms with van der Waals surface area (Å²) in [5.74, 6) is 4.24. The lowest BCUT2D eigenvalue weighted by atomic mass is 10.4. The highest BCUT2D eigenvalue weighted by Crippen LogP contribution is 1.76. The molecule has 0 heterocycles. The molecule has 46 valence electrons. The summed E-state index contributed by atoms with van der Waals surface area (Å²) in [5, 5.41) is 3.10. The zero-order valence-electron chi connectivity index (χ0n) is 4.84.